The van der Waals surface area contributed by atoms with Gasteiger partial charge in [0.2, 0.25) is 0 Å². The van der Waals surface area contributed by atoms with Crippen LogP contribution < -0.4 is 5.73 Å². The van der Waals surface area contributed by atoms with Crippen LogP contribution in [-0.2, 0) is 0 Å². The summed E-state index contributed by atoms with van der Waals surface area (Å²) in [5.41, 5.74) is 4.48. The van der Waals surface area contributed by atoms with E-state index in [1.807, 2.05) is 0 Å². The van der Waals surface area contributed by atoms with E-state index in [2.05, 4.69) is 5.73 Å². The van der Waals surface area contributed by atoms with Crippen LogP contribution in [0.2, 0.25) is 0 Å². The van der Waals surface area contributed by atoms with Crippen LogP contribution in [0.3, 0.4) is 0 Å². The van der Waals surface area contributed by atoms with Gasteiger partial charge in [0.15, 0.2) is 0 Å². The van der Waals surface area contributed by atoms with Crippen LogP contribution in [0.15, 0.2) is 0 Å². The zero-order valence-corrected chi connectivity index (χ0v) is 5.78. The largest absolute Gasteiger partial charge is 0.323 e. The fourth-order valence-electron chi connectivity index (χ4n) is 0.492. The van der Waals surface area contributed by atoms with Crippen LogP contribution in [0.25, 0.3) is 0 Å². The highest BCUT2D eigenvalue weighted by Gasteiger charge is 2.43. The van der Waals surface area contributed by atoms with Crippen molar-refractivity contribution in [2.24, 2.45) is 5.73 Å². The monoisotopic (exact) mass is 195 g/mol. The molecule has 0 amide bonds. The molecule has 0 fully saturated rings. The quantitative estimate of drug-likeness (QED) is 0.681. The van der Waals surface area contributed by atoms with Crippen molar-refractivity contribution in [3.8, 4) is 0 Å². The van der Waals surface area contributed by atoms with Crippen molar-refractivity contribution in [1.29, 1.82) is 0 Å². The molecule has 0 saturated carbocycles. The Kier molecular flexibility index (Phi) is 3.82. The van der Waals surface area contributed by atoms with Crippen LogP contribution >= 0.6 is 0 Å². The highest BCUT2D eigenvalue weighted by atomic mass is 19.3. The van der Waals surface area contributed by atoms with Gasteiger partial charge in [-0.1, -0.05) is 0 Å². The molecule has 0 heterocycles. The Morgan fingerprint density at radius 1 is 1.08 bits per heavy atom. The van der Waals surface area contributed by atoms with E-state index in [1.54, 1.807) is 0 Å². The Balaban J connectivity index is 4.05. The lowest BCUT2D eigenvalue weighted by Gasteiger charge is -2.18. The first-order valence-electron chi connectivity index (χ1n) is 2.97. The standard InChI is InChI=1S/C5H7F6N/c6-3(7)2(12)1-5(10,11)4(8)9/h2-4H,1,12H2. The molecule has 1 atom stereocenters. The third kappa shape index (κ3) is 3.29. The van der Waals surface area contributed by atoms with E-state index in [0.29, 0.717) is 0 Å². The minimum Gasteiger partial charge on any atom is -0.323 e. The molecule has 0 spiro atoms. The van der Waals surface area contributed by atoms with Crippen molar-refractivity contribution in [3.05, 3.63) is 0 Å². The Morgan fingerprint density at radius 3 is 1.75 bits per heavy atom. The molecule has 0 radical (unpaired) electrons. The first-order valence-corrected chi connectivity index (χ1v) is 2.97. The molecule has 0 aliphatic heterocycles. The zero-order valence-electron chi connectivity index (χ0n) is 5.78. The molecule has 74 valence electrons. The van der Waals surface area contributed by atoms with Gasteiger partial charge in [-0.15, -0.1) is 0 Å². The zero-order chi connectivity index (χ0) is 9.94. The second-order valence-corrected chi connectivity index (χ2v) is 2.26. The Hall–Kier alpha value is -0.460. The summed E-state index contributed by atoms with van der Waals surface area (Å²) in [5.74, 6) is -4.43. The molecule has 1 nitrogen and oxygen atoms in total. The maximum atomic E-state index is 12.0. The summed E-state index contributed by atoms with van der Waals surface area (Å²) in [6.07, 6.45) is -8.88. The molecular weight excluding hydrogens is 188 g/mol. The van der Waals surface area contributed by atoms with Gasteiger partial charge < -0.3 is 5.73 Å². The predicted octanol–water partition coefficient (Wildman–Crippen LogP) is 1.87. The summed E-state index contributed by atoms with van der Waals surface area (Å²) >= 11 is 0. The van der Waals surface area contributed by atoms with Crippen molar-refractivity contribution in [2.75, 3.05) is 0 Å². The molecule has 0 aromatic carbocycles. The summed E-state index contributed by atoms with van der Waals surface area (Å²) in [6.45, 7) is 0. The maximum Gasteiger partial charge on any atom is 0.309 e. The van der Waals surface area contributed by atoms with E-state index in [-0.39, 0.29) is 0 Å². The lowest BCUT2D eigenvalue weighted by Crippen LogP contribution is -2.39. The molecule has 0 aromatic rings. The van der Waals surface area contributed by atoms with Gasteiger partial charge in [-0.3, -0.25) is 0 Å². The molecule has 12 heavy (non-hydrogen) atoms. The topological polar surface area (TPSA) is 26.0 Å². The molecule has 0 bridgehead atoms. The van der Waals surface area contributed by atoms with E-state index in [9.17, 15) is 26.3 Å². The predicted molar refractivity (Wildman–Crippen MR) is 29.5 cm³/mol. The third-order valence-electron chi connectivity index (χ3n) is 1.15. The molecule has 0 aromatic heterocycles. The van der Waals surface area contributed by atoms with Gasteiger partial charge in [-0.25, -0.2) is 26.3 Å². The fraction of sp³-hybridized carbons (Fsp3) is 1.00. The van der Waals surface area contributed by atoms with E-state index >= 15 is 0 Å². The van der Waals surface area contributed by atoms with Gasteiger partial charge in [-0.2, -0.15) is 0 Å². The van der Waals surface area contributed by atoms with Crippen molar-refractivity contribution in [3.63, 3.8) is 0 Å². The summed E-state index contributed by atoms with van der Waals surface area (Å²) < 4.78 is 69.8. The molecule has 0 saturated heterocycles. The van der Waals surface area contributed by atoms with E-state index in [1.165, 1.54) is 0 Å². The Labute approximate surface area is 64.5 Å². The average Bonchev–Trinajstić information content (AvgIpc) is 1.85. The molecule has 0 rings (SSSR count). The van der Waals surface area contributed by atoms with Crippen molar-refractivity contribution in [2.45, 2.75) is 31.2 Å². The normalized spacial score (nSPS) is 15.8. The van der Waals surface area contributed by atoms with E-state index in [0.717, 1.165) is 0 Å². The number of hydrogen-bond donors (Lipinski definition) is 1. The number of nitrogens with two attached hydrogens (primary N) is 1. The number of hydrogen-bond acceptors (Lipinski definition) is 1. The molecular formula is C5H7F6N. The minimum absolute atomic E-state index is 1.71. The highest BCUT2D eigenvalue weighted by Crippen LogP contribution is 2.28. The van der Waals surface area contributed by atoms with Crippen LogP contribution in [0, 0.1) is 0 Å². The van der Waals surface area contributed by atoms with Crippen LogP contribution in [0.1, 0.15) is 6.42 Å². The average molecular weight is 195 g/mol. The van der Waals surface area contributed by atoms with Gasteiger partial charge in [0, 0.05) is 6.42 Å². The van der Waals surface area contributed by atoms with E-state index < -0.39 is 31.2 Å². The van der Waals surface area contributed by atoms with Gasteiger partial charge in [0.25, 0.3) is 6.43 Å². The number of halogens is 6. The fourth-order valence-corrected chi connectivity index (χ4v) is 0.492. The van der Waals surface area contributed by atoms with Crippen molar-refractivity contribution >= 4 is 0 Å². The lowest BCUT2D eigenvalue weighted by atomic mass is 10.1. The van der Waals surface area contributed by atoms with E-state index in [4.69, 9.17) is 0 Å². The van der Waals surface area contributed by atoms with Crippen LogP contribution in [0.5, 0.6) is 0 Å². The summed E-state index contributed by atoms with van der Waals surface area (Å²) in [5, 5.41) is 0. The number of rotatable bonds is 4. The molecule has 7 heteroatoms. The smallest absolute Gasteiger partial charge is 0.309 e. The van der Waals surface area contributed by atoms with Crippen LogP contribution in [0.4, 0.5) is 26.3 Å². The lowest BCUT2D eigenvalue weighted by molar-refractivity contribution is -0.141. The Morgan fingerprint density at radius 2 is 1.50 bits per heavy atom. The summed E-state index contributed by atoms with van der Waals surface area (Å²) in [4.78, 5) is 0. The van der Waals surface area contributed by atoms with Crippen molar-refractivity contribution in [1.82, 2.24) is 0 Å². The first kappa shape index (κ1) is 11.5. The van der Waals surface area contributed by atoms with Gasteiger partial charge in [0.1, 0.15) is 0 Å². The summed E-state index contributed by atoms with van der Waals surface area (Å²) in [7, 11) is 0. The molecule has 2 N–H and O–H groups in total. The number of alkyl halides is 6. The SMILES string of the molecule is NC(CC(F)(F)C(F)F)C(F)F. The molecule has 0 aliphatic rings. The van der Waals surface area contributed by atoms with Gasteiger partial charge >= 0.3 is 12.3 Å². The third-order valence-corrected chi connectivity index (χ3v) is 1.15. The van der Waals surface area contributed by atoms with Crippen LogP contribution in [-0.4, -0.2) is 24.8 Å². The van der Waals surface area contributed by atoms with Gasteiger partial charge in [-0.05, 0) is 0 Å². The highest BCUT2D eigenvalue weighted by molar-refractivity contribution is 4.77. The maximum absolute atomic E-state index is 12.0. The van der Waals surface area contributed by atoms with Crippen molar-refractivity contribution < 1.29 is 26.3 Å². The minimum atomic E-state index is -4.43. The second-order valence-electron chi connectivity index (χ2n) is 2.26. The van der Waals surface area contributed by atoms with Gasteiger partial charge in [0.05, 0.1) is 6.04 Å². The Bertz CT molecular complexity index is 136. The molecule has 1 unspecified atom stereocenters. The molecule has 0 aliphatic carbocycles. The first-order chi connectivity index (χ1) is 5.27. The second kappa shape index (κ2) is 3.97. The summed E-state index contributed by atoms with van der Waals surface area (Å²) in [6, 6.07) is -2.21.